The van der Waals surface area contributed by atoms with E-state index in [0.717, 1.165) is 16.8 Å². The number of ketones is 2. The van der Waals surface area contributed by atoms with Crippen molar-refractivity contribution in [3.8, 4) is 0 Å². The molecular weight excluding hydrogens is 276 g/mol. The Balaban J connectivity index is 0.000000235. The van der Waals surface area contributed by atoms with E-state index < -0.39 is 0 Å². The van der Waals surface area contributed by atoms with E-state index in [0.29, 0.717) is 0 Å². The highest BCUT2D eigenvalue weighted by molar-refractivity contribution is 5.94. The Morgan fingerprint density at radius 1 is 0.864 bits per heavy atom. The lowest BCUT2D eigenvalue weighted by atomic mass is 10.1. The maximum atomic E-state index is 10.9. The monoisotopic (exact) mass is 296 g/mol. The fourth-order valence-electron chi connectivity index (χ4n) is 1.61. The minimum atomic E-state index is 0.0794. The quantitative estimate of drug-likeness (QED) is 0.529. The van der Waals surface area contributed by atoms with Crippen LogP contribution in [0.4, 0.5) is 5.69 Å². The van der Waals surface area contributed by atoms with Crippen molar-refractivity contribution in [1.29, 1.82) is 0 Å². The van der Waals surface area contributed by atoms with Gasteiger partial charge in [0.15, 0.2) is 11.6 Å². The summed E-state index contributed by atoms with van der Waals surface area (Å²) in [6.45, 7) is 3.12. The van der Waals surface area contributed by atoms with E-state index in [1.54, 1.807) is 39.4 Å². The van der Waals surface area contributed by atoms with E-state index in [-0.39, 0.29) is 11.6 Å². The van der Waals surface area contributed by atoms with E-state index in [9.17, 15) is 9.59 Å². The molecule has 4 nitrogen and oxygen atoms in total. The van der Waals surface area contributed by atoms with Crippen LogP contribution in [0.5, 0.6) is 0 Å². The lowest BCUT2D eigenvalue weighted by molar-refractivity contribution is 0.100. The number of carbonyl (C=O) groups excluding carboxylic acids is 2. The standard InChI is InChI=1S/C10H12N2O.C8H8O/c1-8(13)9-3-5-10(6-4-9)12-7-11-2;1-7(9)8-5-3-2-4-6-8/h3-7H,1-2H3,(H,11,12);2-6H,1H3. The van der Waals surface area contributed by atoms with E-state index in [1.807, 2.05) is 42.5 Å². The van der Waals surface area contributed by atoms with Crippen molar-refractivity contribution in [2.75, 3.05) is 12.4 Å². The van der Waals surface area contributed by atoms with Crippen LogP contribution in [0.2, 0.25) is 0 Å². The molecule has 2 aromatic rings. The van der Waals surface area contributed by atoms with Crippen LogP contribution < -0.4 is 5.32 Å². The largest absolute Gasteiger partial charge is 0.347 e. The number of carbonyl (C=O) groups is 2. The molecule has 1 N–H and O–H groups in total. The molecule has 0 amide bonds. The van der Waals surface area contributed by atoms with E-state index in [4.69, 9.17) is 0 Å². The minimum Gasteiger partial charge on any atom is -0.347 e. The van der Waals surface area contributed by atoms with Crippen LogP contribution in [0.3, 0.4) is 0 Å². The van der Waals surface area contributed by atoms with Gasteiger partial charge in [0, 0.05) is 23.9 Å². The van der Waals surface area contributed by atoms with Crippen LogP contribution in [-0.4, -0.2) is 25.0 Å². The molecule has 0 fully saturated rings. The third-order valence-electron chi connectivity index (χ3n) is 2.83. The summed E-state index contributed by atoms with van der Waals surface area (Å²) in [7, 11) is 1.69. The zero-order valence-corrected chi connectivity index (χ0v) is 13.0. The molecule has 0 radical (unpaired) electrons. The zero-order chi connectivity index (χ0) is 16.4. The molecule has 4 heteroatoms. The number of benzene rings is 2. The average Bonchev–Trinajstić information content (AvgIpc) is 2.54. The van der Waals surface area contributed by atoms with E-state index in [1.165, 1.54) is 0 Å². The summed E-state index contributed by atoms with van der Waals surface area (Å²) in [5, 5.41) is 2.96. The van der Waals surface area contributed by atoms with Crippen LogP contribution in [0.15, 0.2) is 59.6 Å². The second-order valence-electron chi connectivity index (χ2n) is 4.59. The number of hydrogen-bond acceptors (Lipinski definition) is 3. The number of hydrogen-bond donors (Lipinski definition) is 1. The van der Waals surface area contributed by atoms with Crippen LogP contribution in [0.25, 0.3) is 0 Å². The molecule has 0 aliphatic carbocycles. The topological polar surface area (TPSA) is 58.5 Å². The first kappa shape index (κ1) is 17.3. The molecule has 0 atom stereocenters. The normalized spacial score (nSPS) is 9.77. The molecular formula is C18H20N2O2. The van der Waals surface area contributed by atoms with Gasteiger partial charge in [-0.3, -0.25) is 14.6 Å². The Morgan fingerprint density at radius 2 is 1.36 bits per heavy atom. The van der Waals surface area contributed by atoms with Gasteiger partial charge in [-0.2, -0.15) is 0 Å². The molecule has 0 spiro atoms. The second kappa shape index (κ2) is 9.23. The lowest BCUT2D eigenvalue weighted by Crippen LogP contribution is -1.96. The van der Waals surface area contributed by atoms with Gasteiger partial charge < -0.3 is 5.32 Å². The van der Waals surface area contributed by atoms with Crippen molar-refractivity contribution in [3.63, 3.8) is 0 Å². The fourth-order valence-corrected chi connectivity index (χ4v) is 1.61. The van der Waals surface area contributed by atoms with Gasteiger partial charge in [0.05, 0.1) is 6.34 Å². The molecule has 114 valence electrons. The smallest absolute Gasteiger partial charge is 0.159 e. The van der Waals surface area contributed by atoms with Crippen LogP contribution in [-0.2, 0) is 0 Å². The number of aliphatic imine (C=N–C) groups is 1. The number of anilines is 1. The van der Waals surface area contributed by atoms with Crippen molar-refractivity contribution in [2.24, 2.45) is 4.99 Å². The lowest BCUT2D eigenvalue weighted by Gasteiger charge is -2.00. The van der Waals surface area contributed by atoms with Gasteiger partial charge >= 0.3 is 0 Å². The Bertz CT molecular complexity index is 632. The molecule has 2 aromatic carbocycles. The molecule has 2 rings (SSSR count). The highest BCUT2D eigenvalue weighted by Crippen LogP contribution is 2.08. The highest BCUT2D eigenvalue weighted by atomic mass is 16.1. The van der Waals surface area contributed by atoms with E-state index >= 15 is 0 Å². The SMILES string of the molecule is CC(=O)c1ccccc1.CN=CNc1ccc(C(C)=O)cc1. The summed E-state index contributed by atoms with van der Waals surface area (Å²) < 4.78 is 0. The van der Waals surface area contributed by atoms with Gasteiger partial charge in [-0.25, -0.2) is 0 Å². The van der Waals surface area contributed by atoms with Crippen molar-refractivity contribution in [1.82, 2.24) is 0 Å². The number of rotatable bonds is 4. The molecule has 0 aliphatic heterocycles. The number of nitrogens with zero attached hydrogens (tertiary/aromatic N) is 1. The molecule has 0 bridgehead atoms. The predicted octanol–water partition coefficient (Wildman–Crippen LogP) is 3.85. The molecule has 0 unspecified atom stereocenters. The van der Waals surface area contributed by atoms with Crippen LogP contribution >= 0.6 is 0 Å². The van der Waals surface area contributed by atoms with Crippen LogP contribution in [0.1, 0.15) is 34.6 Å². The molecule has 0 saturated carbocycles. The number of nitrogens with one attached hydrogen (secondary N) is 1. The Hall–Kier alpha value is -2.75. The number of Topliss-reactive ketones (excluding diaryl/α,β-unsaturated/α-hetero) is 2. The first-order valence-corrected chi connectivity index (χ1v) is 6.88. The first-order valence-electron chi connectivity index (χ1n) is 6.88. The van der Waals surface area contributed by atoms with Gasteiger partial charge in [-0.15, -0.1) is 0 Å². The van der Waals surface area contributed by atoms with Crippen LogP contribution in [0, 0.1) is 0 Å². The maximum Gasteiger partial charge on any atom is 0.159 e. The second-order valence-corrected chi connectivity index (χ2v) is 4.59. The third kappa shape index (κ3) is 6.13. The fraction of sp³-hybridized carbons (Fsp3) is 0.167. The van der Waals surface area contributed by atoms with Gasteiger partial charge in [0.1, 0.15) is 0 Å². The van der Waals surface area contributed by atoms with Gasteiger partial charge in [-0.1, -0.05) is 30.3 Å². The minimum absolute atomic E-state index is 0.0794. The molecule has 0 saturated heterocycles. The summed E-state index contributed by atoms with van der Waals surface area (Å²) in [6.07, 6.45) is 1.60. The van der Waals surface area contributed by atoms with Gasteiger partial charge in [0.25, 0.3) is 0 Å². The van der Waals surface area contributed by atoms with Gasteiger partial charge in [-0.05, 0) is 38.1 Å². The summed E-state index contributed by atoms with van der Waals surface area (Å²) in [6, 6.07) is 16.5. The predicted molar refractivity (Wildman–Crippen MR) is 90.9 cm³/mol. The highest BCUT2D eigenvalue weighted by Gasteiger charge is 1.97. The summed E-state index contributed by atoms with van der Waals surface area (Å²) in [5.74, 6) is 0.200. The zero-order valence-electron chi connectivity index (χ0n) is 13.0. The molecule has 22 heavy (non-hydrogen) atoms. The van der Waals surface area contributed by atoms with Crippen molar-refractivity contribution in [2.45, 2.75) is 13.8 Å². The van der Waals surface area contributed by atoms with Crippen molar-refractivity contribution in [3.05, 3.63) is 65.7 Å². The van der Waals surface area contributed by atoms with E-state index in [2.05, 4.69) is 10.3 Å². The molecule has 0 aromatic heterocycles. The van der Waals surface area contributed by atoms with Gasteiger partial charge in [0.2, 0.25) is 0 Å². The Kier molecular flexibility index (Phi) is 7.26. The summed E-state index contributed by atoms with van der Waals surface area (Å²) in [4.78, 5) is 25.4. The molecule has 0 aliphatic rings. The molecule has 0 heterocycles. The Morgan fingerprint density at radius 3 is 1.77 bits per heavy atom. The first-order chi connectivity index (χ1) is 10.5. The Labute approximate surface area is 130 Å². The summed E-state index contributed by atoms with van der Waals surface area (Å²) in [5.41, 5.74) is 2.42. The summed E-state index contributed by atoms with van der Waals surface area (Å²) >= 11 is 0. The van der Waals surface area contributed by atoms with Crippen molar-refractivity contribution < 1.29 is 9.59 Å². The third-order valence-corrected chi connectivity index (χ3v) is 2.83. The maximum absolute atomic E-state index is 10.9. The average molecular weight is 296 g/mol. The van der Waals surface area contributed by atoms with Crippen molar-refractivity contribution >= 4 is 23.6 Å².